The van der Waals surface area contributed by atoms with Crippen LogP contribution in [0.5, 0.6) is 0 Å². The first-order valence-corrected chi connectivity index (χ1v) is 13.5. The Kier molecular flexibility index (Phi) is 6.69. The number of hydrogen-bond acceptors (Lipinski definition) is 7. The summed E-state index contributed by atoms with van der Waals surface area (Å²) in [6, 6.07) is 7.78. The highest BCUT2D eigenvalue weighted by Gasteiger charge is 2.59. The van der Waals surface area contributed by atoms with Gasteiger partial charge in [0.05, 0.1) is 24.4 Å². The highest BCUT2D eigenvalue weighted by Crippen LogP contribution is 2.61. The predicted octanol–water partition coefficient (Wildman–Crippen LogP) is 0.419. The summed E-state index contributed by atoms with van der Waals surface area (Å²) in [7, 11) is -9.29. The largest absolute Gasteiger partial charge is 0.389 e. The van der Waals surface area contributed by atoms with E-state index in [1.807, 2.05) is 0 Å². The molecule has 4 rings (SSSR count). The zero-order valence-corrected chi connectivity index (χ0v) is 19.2. The number of ether oxygens (including phenoxy) is 3. The van der Waals surface area contributed by atoms with E-state index in [1.54, 1.807) is 18.2 Å². The van der Waals surface area contributed by atoms with Gasteiger partial charge in [0.15, 0.2) is 0 Å². The molecule has 0 spiro atoms. The summed E-state index contributed by atoms with van der Waals surface area (Å²) in [4.78, 5) is 64.6. The SMILES string of the molecule is O=c1[nH]c(=O)n([C@H]2C[C@H]3O[C@](c4ccccc4)(P(=O)(O)O)OC[C@H]3O2)cc1/C=C/CP(=O)(O)O. The lowest BCUT2D eigenvalue weighted by molar-refractivity contribution is -0.282. The lowest BCUT2D eigenvalue weighted by Gasteiger charge is -2.41. The summed E-state index contributed by atoms with van der Waals surface area (Å²) in [6.45, 7) is -0.228. The van der Waals surface area contributed by atoms with E-state index in [2.05, 4.69) is 4.98 Å². The standard InChI is InChI=1S/C19H22N2O11P2/c22-17-12(5-4-8-33(24,25)26)10-21(18(23)20-17)16-9-14-15(31-16)11-30-19(32-14,34(27,28)29)13-6-2-1-3-7-13/h1-7,10,14-16H,8-9,11H2,(H,20,22,23)(H2,24,25,26)(H2,27,28,29)/b5-4+/t14-,15-,16-,19-/m1/s1. The number of nitrogens with one attached hydrogen (secondary N) is 1. The van der Waals surface area contributed by atoms with Gasteiger partial charge in [0.2, 0.25) is 0 Å². The van der Waals surface area contributed by atoms with Gasteiger partial charge in [0.25, 0.3) is 5.56 Å². The Labute approximate surface area is 191 Å². The number of allylic oxidation sites excluding steroid dienone is 1. The van der Waals surface area contributed by atoms with Crippen molar-refractivity contribution in [3.05, 3.63) is 74.6 Å². The minimum absolute atomic E-state index is 0.0141. The average Bonchev–Trinajstić information content (AvgIpc) is 3.17. The van der Waals surface area contributed by atoms with Crippen LogP contribution in [-0.4, -0.2) is 54.1 Å². The van der Waals surface area contributed by atoms with Crippen LogP contribution in [-0.2, 0) is 28.9 Å². The molecule has 0 aliphatic carbocycles. The molecule has 2 aliphatic rings. The van der Waals surface area contributed by atoms with Gasteiger partial charge >= 0.3 is 26.4 Å². The van der Waals surface area contributed by atoms with Gasteiger partial charge in [-0.15, -0.1) is 0 Å². The number of aromatic amines is 1. The van der Waals surface area contributed by atoms with Crippen LogP contribution in [0, 0.1) is 0 Å². The molecule has 1 aromatic heterocycles. The normalized spacial score (nSPS) is 27.7. The second-order valence-electron chi connectivity index (χ2n) is 7.82. The topological polar surface area (TPSA) is 198 Å². The van der Waals surface area contributed by atoms with Gasteiger partial charge in [-0.3, -0.25) is 23.5 Å². The molecule has 2 saturated heterocycles. The first kappa shape index (κ1) is 24.9. The summed E-state index contributed by atoms with van der Waals surface area (Å²) in [5.41, 5.74) is -3.81. The zero-order valence-electron chi connectivity index (χ0n) is 17.5. The Morgan fingerprint density at radius 3 is 2.47 bits per heavy atom. The molecule has 0 saturated carbocycles. The van der Waals surface area contributed by atoms with E-state index in [-0.39, 0.29) is 24.2 Å². The molecule has 0 amide bonds. The minimum Gasteiger partial charge on any atom is -0.349 e. The molecule has 13 nitrogen and oxygen atoms in total. The van der Waals surface area contributed by atoms with E-state index in [4.69, 9.17) is 24.0 Å². The Morgan fingerprint density at radius 2 is 1.82 bits per heavy atom. The van der Waals surface area contributed by atoms with E-state index >= 15 is 0 Å². The summed E-state index contributed by atoms with van der Waals surface area (Å²) in [5, 5.41) is 0. The van der Waals surface area contributed by atoms with Crippen LogP contribution in [0.15, 0.2) is 52.2 Å². The van der Waals surface area contributed by atoms with Gasteiger partial charge in [-0.25, -0.2) is 4.79 Å². The molecular weight excluding hydrogens is 494 g/mol. The molecule has 34 heavy (non-hydrogen) atoms. The Morgan fingerprint density at radius 1 is 1.12 bits per heavy atom. The van der Waals surface area contributed by atoms with Crippen LogP contribution in [0.1, 0.15) is 23.8 Å². The molecule has 184 valence electrons. The van der Waals surface area contributed by atoms with Crippen molar-refractivity contribution >= 4 is 21.3 Å². The summed E-state index contributed by atoms with van der Waals surface area (Å²) < 4.78 is 41.6. The van der Waals surface area contributed by atoms with Crippen molar-refractivity contribution in [2.45, 2.75) is 30.4 Å². The number of H-pyrrole nitrogens is 1. The highest BCUT2D eigenvalue weighted by molar-refractivity contribution is 7.52. The highest BCUT2D eigenvalue weighted by atomic mass is 31.2. The molecule has 5 N–H and O–H groups in total. The third kappa shape index (κ3) is 4.94. The number of fused-ring (bicyclic) bond motifs is 1. The number of rotatable bonds is 6. The molecule has 2 aromatic rings. The molecule has 0 unspecified atom stereocenters. The maximum Gasteiger partial charge on any atom is 0.389 e. The second-order valence-corrected chi connectivity index (χ2v) is 11.2. The number of hydrogen-bond donors (Lipinski definition) is 5. The molecule has 2 aliphatic heterocycles. The molecular formula is C19H22N2O11P2. The molecule has 1 aromatic carbocycles. The number of benzene rings is 1. The monoisotopic (exact) mass is 516 g/mol. The summed E-state index contributed by atoms with van der Waals surface area (Å²) in [6.07, 6.45) is 0.322. The van der Waals surface area contributed by atoms with Crippen molar-refractivity contribution in [1.82, 2.24) is 9.55 Å². The third-order valence-electron chi connectivity index (χ3n) is 5.40. The quantitative estimate of drug-likeness (QED) is 0.334. The molecule has 2 fully saturated rings. The average molecular weight is 516 g/mol. The Hall–Kier alpha value is -2.18. The predicted molar refractivity (Wildman–Crippen MR) is 117 cm³/mol. The molecule has 4 atom stereocenters. The van der Waals surface area contributed by atoms with Gasteiger partial charge in [-0.05, 0) is 0 Å². The van der Waals surface area contributed by atoms with Crippen molar-refractivity contribution in [1.29, 1.82) is 0 Å². The van der Waals surface area contributed by atoms with Crippen LogP contribution >= 0.6 is 15.2 Å². The van der Waals surface area contributed by atoms with Crippen molar-refractivity contribution in [3.63, 3.8) is 0 Å². The van der Waals surface area contributed by atoms with E-state index in [1.165, 1.54) is 24.4 Å². The fourth-order valence-corrected chi connectivity index (χ4v) is 5.23. The molecule has 0 radical (unpaired) electrons. The molecule has 15 heteroatoms. The van der Waals surface area contributed by atoms with E-state index in [9.17, 15) is 28.5 Å². The maximum absolute atomic E-state index is 12.4. The van der Waals surface area contributed by atoms with Gasteiger partial charge < -0.3 is 33.8 Å². The summed E-state index contributed by atoms with van der Waals surface area (Å²) in [5.74, 6) is 0. The van der Waals surface area contributed by atoms with Gasteiger partial charge in [0, 0.05) is 18.2 Å². The van der Waals surface area contributed by atoms with Crippen LogP contribution in [0.3, 0.4) is 0 Å². The van der Waals surface area contributed by atoms with Crippen molar-refractivity contribution in [3.8, 4) is 0 Å². The Bertz CT molecular complexity index is 1300. The minimum atomic E-state index is -4.97. The van der Waals surface area contributed by atoms with Crippen molar-refractivity contribution in [2.75, 3.05) is 12.8 Å². The van der Waals surface area contributed by atoms with E-state index < -0.39 is 56.6 Å². The number of aromatic nitrogens is 2. The third-order valence-corrected chi connectivity index (χ3v) is 7.35. The lowest BCUT2D eigenvalue weighted by Crippen LogP contribution is -2.48. The van der Waals surface area contributed by atoms with Crippen LogP contribution in [0.25, 0.3) is 6.08 Å². The van der Waals surface area contributed by atoms with E-state index in [0.717, 1.165) is 10.6 Å². The molecule has 0 bridgehead atoms. The number of nitrogens with zero attached hydrogens (tertiary/aromatic N) is 1. The lowest BCUT2D eigenvalue weighted by atomic mass is 10.1. The summed E-state index contributed by atoms with van der Waals surface area (Å²) >= 11 is 0. The van der Waals surface area contributed by atoms with E-state index in [0.29, 0.717) is 0 Å². The maximum atomic E-state index is 12.4. The van der Waals surface area contributed by atoms with Gasteiger partial charge in [-0.2, -0.15) is 0 Å². The molecule has 3 heterocycles. The smallest absolute Gasteiger partial charge is 0.349 e. The first-order valence-electron chi connectivity index (χ1n) is 10.0. The fourth-order valence-electron chi connectivity index (χ4n) is 3.85. The van der Waals surface area contributed by atoms with Gasteiger partial charge in [-0.1, -0.05) is 42.5 Å². The first-order chi connectivity index (χ1) is 15.9. The second kappa shape index (κ2) is 9.12. The Balaban J connectivity index is 1.61. The van der Waals surface area contributed by atoms with Gasteiger partial charge in [0.1, 0.15) is 12.3 Å². The van der Waals surface area contributed by atoms with Crippen LogP contribution in [0.4, 0.5) is 0 Å². The van der Waals surface area contributed by atoms with Crippen molar-refractivity contribution in [2.24, 2.45) is 0 Å². The van der Waals surface area contributed by atoms with Crippen molar-refractivity contribution < 1.29 is 42.9 Å². The zero-order chi connectivity index (χ0) is 24.7. The van der Waals surface area contributed by atoms with Crippen LogP contribution < -0.4 is 11.2 Å². The van der Waals surface area contributed by atoms with Crippen LogP contribution in [0.2, 0.25) is 0 Å². The fraction of sp³-hybridized carbons (Fsp3) is 0.368.